The third-order valence-corrected chi connectivity index (χ3v) is 6.05. The molecule has 15 unspecified atom stereocenters. The van der Waals surface area contributed by atoms with Crippen LogP contribution in [-0.4, -0.2) is 156 Å². The van der Waals surface area contributed by atoms with Crippen LogP contribution in [-0.2, 0) is 23.7 Å². The fourth-order valence-corrected chi connectivity index (χ4v) is 4.03. The first-order valence-electron chi connectivity index (χ1n) is 10.4. The van der Waals surface area contributed by atoms with Crippen LogP contribution in [0, 0.1) is 0 Å². The molecule has 0 aromatic rings. The van der Waals surface area contributed by atoms with Crippen molar-refractivity contribution in [3.05, 3.63) is 0 Å². The van der Waals surface area contributed by atoms with Gasteiger partial charge in [-0.25, -0.2) is 0 Å². The predicted molar refractivity (Wildman–Crippen MR) is 99.8 cm³/mol. The molecule has 15 nitrogen and oxygen atoms in total. The van der Waals surface area contributed by atoms with E-state index in [0.717, 1.165) is 0 Å². The minimum absolute atomic E-state index is 0.721. The van der Waals surface area contributed by atoms with Crippen LogP contribution in [0.2, 0.25) is 0 Å². The fraction of sp³-hybridized carbons (Fsp3) is 1.00. The topological polar surface area (TPSA) is 248 Å². The number of aliphatic hydroxyl groups is 10. The van der Waals surface area contributed by atoms with Gasteiger partial charge in [0.2, 0.25) is 0 Å². The highest BCUT2D eigenvalue weighted by molar-refractivity contribution is 4.95. The molecule has 0 spiro atoms. The van der Waals surface area contributed by atoms with Gasteiger partial charge in [0.25, 0.3) is 0 Å². The molecule has 0 bridgehead atoms. The first kappa shape index (κ1) is 27.0. The van der Waals surface area contributed by atoms with E-state index in [-0.39, 0.29) is 0 Å². The van der Waals surface area contributed by atoms with E-state index >= 15 is 0 Å². The Bertz CT molecular complexity index is 622. The quantitative estimate of drug-likeness (QED) is 0.167. The Hall–Kier alpha value is -0.600. The van der Waals surface area contributed by atoms with E-state index in [2.05, 4.69) is 0 Å². The molecule has 3 aliphatic rings. The van der Waals surface area contributed by atoms with Gasteiger partial charge in [-0.1, -0.05) is 0 Å². The van der Waals surface area contributed by atoms with Crippen molar-refractivity contribution in [1.82, 2.24) is 0 Å². The second-order valence-corrected chi connectivity index (χ2v) is 8.32. The summed E-state index contributed by atoms with van der Waals surface area (Å²) >= 11 is 0. The molecule has 0 aromatic carbocycles. The van der Waals surface area contributed by atoms with Gasteiger partial charge >= 0.3 is 0 Å². The van der Waals surface area contributed by atoms with Gasteiger partial charge in [0.15, 0.2) is 18.9 Å². The van der Waals surface area contributed by atoms with Gasteiger partial charge in [0.05, 0.1) is 19.3 Å². The summed E-state index contributed by atoms with van der Waals surface area (Å²) in [6.45, 7) is -0.0729. The molecule has 3 heterocycles. The molecular formula is C18H32O15. The van der Waals surface area contributed by atoms with E-state index in [4.69, 9.17) is 23.7 Å². The number of ether oxygens (including phenoxy) is 5. The lowest BCUT2D eigenvalue weighted by atomic mass is 9.96. The van der Waals surface area contributed by atoms with Crippen molar-refractivity contribution in [2.75, 3.05) is 13.2 Å². The molecule has 15 heteroatoms. The summed E-state index contributed by atoms with van der Waals surface area (Å²) in [5, 5.41) is 99.5. The van der Waals surface area contributed by atoms with E-state index in [1.165, 1.54) is 6.92 Å². The highest BCUT2D eigenvalue weighted by Gasteiger charge is 2.52. The third-order valence-electron chi connectivity index (χ3n) is 6.05. The summed E-state index contributed by atoms with van der Waals surface area (Å²) < 4.78 is 26.6. The molecule has 10 N–H and O–H groups in total. The second kappa shape index (κ2) is 11.0. The van der Waals surface area contributed by atoms with Crippen molar-refractivity contribution >= 4 is 0 Å². The third kappa shape index (κ3) is 5.32. The smallest absolute Gasteiger partial charge is 0.187 e. The lowest BCUT2D eigenvalue weighted by Crippen LogP contribution is -2.66. The maximum Gasteiger partial charge on any atom is 0.187 e. The maximum absolute atomic E-state index is 10.6. The summed E-state index contributed by atoms with van der Waals surface area (Å²) in [5.74, 6) is 0. The van der Waals surface area contributed by atoms with Crippen LogP contribution >= 0.6 is 0 Å². The van der Waals surface area contributed by atoms with Crippen molar-refractivity contribution in [3.63, 3.8) is 0 Å². The highest BCUT2D eigenvalue weighted by Crippen LogP contribution is 2.32. The first-order chi connectivity index (χ1) is 15.5. The van der Waals surface area contributed by atoms with Crippen molar-refractivity contribution in [3.8, 4) is 0 Å². The van der Waals surface area contributed by atoms with E-state index in [0.29, 0.717) is 0 Å². The molecule has 0 aromatic heterocycles. The molecule has 0 saturated carbocycles. The predicted octanol–water partition coefficient (Wildman–Crippen LogP) is -6.55. The van der Waals surface area contributed by atoms with Crippen LogP contribution in [0.15, 0.2) is 0 Å². The maximum atomic E-state index is 10.6. The van der Waals surface area contributed by atoms with E-state index in [1.54, 1.807) is 0 Å². The molecule has 0 radical (unpaired) electrons. The van der Waals surface area contributed by atoms with Gasteiger partial charge in [0, 0.05) is 0 Å². The van der Waals surface area contributed by atoms with Gasteiger partial charge < -0.3 is 74.7 Å². The molecule has 0 aliphatic carbocycles. The van der Waals surface area contributed by atoms with E-state index < -0.39 is 105 Å². The first-order valence-corrected chi connectivity index (χ1v) is 10.4. The normalized spacial score (nSPS) is 53.7. The van der Waals surface area contributed by atoms with Crippen molar-refractivity contribution in [1.29, 1.82) is 0 Å². The monoisotopic (exact) mass is 488 g/mol. The lowest BCUT2D eigenvalue weighted by molar-refractivity contribution is -0.376. The molecule has 194 valence electrons. The number of aliphatic hydroxyl groups excluding tert-OH is 10. The molecule has 15 atom stereocenters. The Morgan fingerprint density at radius 1 is 0.545 bits per heavy atom. The van der Waals surface area contributed by atoms with E-state index in [1.807, 2.05) is 0 Å². The summed E-state index contributed by atoms with van der Waals surface area (Å²) in [6, 6.07) is 0. The number of hydrogen-bond acceptors (Lipinski definition) is 15. The Labute approximate surface area is 187 Å². The molecule has 3 saturated heterocycles. The summed E-state index contributed by atoms with van der Waals surface area (Å²) in [4.78, 5) is 0. The van der Waals surface area contributed by atoms with Gasteiger partial charge in [-0.15, -0.1) is 0 Å². The second-order valence-electron chi connectivity index (χ2n) is 8.32. The minimum atomic E-state index is -1.83. The Kier molecular flexibility index (Phi) is 8.99. The average molecular weight is 488 g/mol. The van der Waals surface area contributed by atoms with Crippen molar-refractivity contribution < 1.29 is 74.7 Å². The van der Waals surface area contributed by atoms with Gasteiger partial charge in [0.1, 0.15) is 67.1 Å². The SMILES string of the molecule is CC1OC(O)C(O)C(O)C1OC1OC(CO)C(OC2OC(CO)C(O)C(O)C2O)C(O)C1O. The number of rotatable bonds is 6. The lowest BCUT2D eigenvalue weighted by Gasteiger charge is -2.47. The molecular weight excluding hydrogens is 456 g/mol. The zero-order valence-corrected chi connectivity index (χ0v) is 17.6. The summed E-state index contributed by atoms with van der Waals surface area (Å²) in [7, 11) is 0. The zero-order chi connectivity index (χ0) is 24.6. The zero-order valence-electron chi connectivity index (χ0n) is 17.6. The van der Waals surface area contributed by atoms with Crippen LogP contribution in [0.1, 0.15) is 6.92 Å². The standard InChI is InChI=1S/C18H32O15/c1-4-14(9(23)11(25)16(28)29-4)32-18-13(27)10(24)15(6(3-20)31-18)33-17-12(26)8(22)7(21)5(2-19)30-17/h4-28H,2-3H2,1H3. The molecule has 3 rings (SSSR count). The summed E-state index contributed by atoms with van der Waals surface area (Å²) in [5.41, 5.74) is 0. The Morgan fingerprint density at radius 2 is 1.03 bits per heavy atom. The fourth-order valence-electron chi connectivity index (χ4n) is 4.03. The Balaban J connectivity index is 1.70. The molecule has 3 aliphatic heterocycles. The molecule has 3 fully saturated rings. The summed E-state index contributed by atoms with van der Waals surface area (Å²) in [6.07, 6.45) is -23.6. The van der Waals surface area contributed by atoms with Crippen molar-refractivity contribution in [2.45, 2.75) is 99.0 Å². The van der Waals surface area contributed by atoms with Crippen LogP contribution in [0.25, 0.3) is 0 Å². The largest absolute Gasteiger partial charge is 0.394 e. The van der Waals surface area contributed by atoms with Crippen LogP contribution in [0.3, 0.4) is 0 Å². The van der Waals surface area contributed by atoms with Crippen LogP contribution in [0.5, 0.6) is 0 Å². The van der Waals surface area contributed by atoms with Crippen molar-refractivity contribution in [2.24, 2.45) is 0 Å². The minimum Gasteiger partial charge on any atom is -0.394 e. The van der Waals surface area contributed by atoms with Crippen LogP contribution in [0.4, 0.5) is 0 Å². The van der Waals surface area contributed by atoms with E-state index in [9.17, 15) is 51.1 Å². The molecule has 33 heavy (non-hydrogen) atoms. The molecule has 0 amide bonds. The number of hydrogen-bond donors (Lipinski definition) is 10. The van der Waals surface area contributed by atoms with Gasteiger partial charge in [-0.3, -0.25) is 0 Å². The van der Waals surface area contributed by atoms with Gasteiger partial charge in [-0.05, 0) is 6.92 Å². The highest BCUT2D eigenvalue weighted by atomic mass is 16.8. The Morgan fingerprint density at radius 3 is 1.61 bits per heavy atom. The van der Waals surface area contributed by atoms with Crippen LogP contribution < -0.4 is 0 Å². The average Bonchev–Trinajstić information content (AvgIpc) is 2.79. The van der Waals surface area contributed by atoms with Gasteiger partial charge in [-0.2, -0.15) is 0 Å².